The molecule has 0 heterocycles. The number of aliphatic hydroxyl groups excluding tert-OH is 1. The van der Waals surface area contributed by atoms with Gasteiger partial charge in [-0.25, -0.2) is 0 Å². The fourth-order valence-corrected chi connectivity index (χ4v) is 1.62. The fraction of sp³-hybridized carbons (Fsp3) is 0.438. The number of alkyl halides is 3. The Labute approximate surface area is 127 Å². The van der Waals surface area contributed by atoms with Crippen molar-refractivity contribution >= 4 is 5.91 Å². The third-order valence-electron chi connectivity index (χ3n) is 2.80. The van der Waals surface area contributed by atoms with E-state index in [9.17, 15) is 23.1 Å². The summed E-state index contributed by atoms with van der Waals surface area (Å²) in [7, 11) is 0. The quantitative estimate of drug-likeness (QED) is 0.836. The Morgan fingerprint density at radius 2 is 1.95 bits per heavy atom. The molecule has 0 aromatic heterocycles. The van der Waals surface area contributed by atoms with Crippen LogP contribution in [0, 0.1) is 5.41 Å². The van der Waals surface area contributed by atoms with Gasteiger partial charge in [-0.15, -0.1) is 0 Å². The van der Waals surface area contributed by atoms with E-state index in [1.807, 2.05) is 20.8 Å². The van der Waals surface area contributed by atoms with E-state index >= 15 is 0 Å². The van der Waals surface area contributed by atoms with Gasteiger partial charge in [-0.05, 0) is 29.2 Å². The van der Waals surface area contributed by atoms with E-state index in [1.165, 1.54) is 18.2 Å². The normalized spacial score (nSPS) is 14.1. The van der Waals surface area contributed by atoms with E-state index in [4.69, 9.17) is 0 Å². The van der Waals surface area contributed by atoms with Crippen molar-refractivity contribution in [1.82, 2.24) is 5.32 Å². The van der Waals surface area contributed by atoms with Crippen molar-refractivity contribution in [3.63, 3.8) is 0 Å². The summed E-state index contributed by atoms with van der Waals surface area (Å²) in [6.45, 7) is 5.62. The second kappa shape index (κ2) is 6.96. The maximum absolute atomic E-state index is 12.6. The van der Waals surface area contributed by atoms with Crippen molar-refractivity contribution in [3.05, 3.63) is 47.5 Å². The molecule has 6 heteroatoms. The first kappa shape index (κ1) is 18.2. The molecule has 0 fully saturated rings. The van der Waals surface area contributed by atoms with Gasteiger partial charge in [0, 0.05) is 6.54 Å². The highest BCUT2D eigenvalue weighted by Gasteiger charge is 2.30. The smallest absolute Gasteiger partial charge is 0.387 e. The van der Waals surface area contributed by atoms with Crippen molar-refractivity contribution in [3.8, 4) is 0 Å². The summed E-state index contributed by atoms with van der Waals surface area (Å²) in [4.78, 5) is 11.6. The summed E-state index contributed by atoms with van der Waals surface area (Å²) in [5.74, 6) is -0.402. The van der Waals surface area contributed by atoms with Crippen molar-refractivity contribution < 1.29 is 23.1 Å². The monoisotopic (exact) mass is 315 g/mol. The highest BCUT2D eigenvalue weighted by molar-refractivity contribution is 5.87. The van der Waals surface area contributed by atoms with Gasteiger partial charge in [0.05, 0.1) is 11.7 Å². The number of hydrogen-bond donors (Lipinski definition) is 2. The standard InChI is InChI=1S/C16H20F3NO2/c1-15(2,3)8-7-14(22)20-10-13(21)11-5-4-6-12(9-11)16(17,18)19/h4-9,13,21H,10H2,1-3H3,(H,20,22)/b8-7+. The lowest BCUT2D eigenvalue weighted by molar-refractivity contribution is -0.137. The highest BCUT2D eigenvalue weighted by Crippen LogP contribution is 2.30. The fourth-order valence-electron chi connectivity index (χ4n) is 1.62. The SMILES string of the molecule is CC(C)(C)/C=C/C(=O)NCC(O)c1cccc(C(F)(F)F)c1. The zero-order valence-electron chi connectivity index (χ0n) is 12.7. The zero-order valence-corrected chi connectivity index (χ0v) is 12.7. The molecule has 122 valence electrons. The second-order valence-corrected chi connectivity index (χ2v) is 6.08. The molecule has 1 rings (SSSR count). The molecule has 1 aromatic carbocycles. The first-order chi connectivity index (χ1) is 9.99. The molecule has 1 amide bonds. The van der Waals surface area contributed by atoms with E-state index < -0.39 is 23.8 Å². The molecule has 0 aliphatic carbocycles. The van der Waals surface area contributed by atoms with Crippen LogP contribution >= 0.6 is 0 Å². The number of carbonyl (C=O) groups excluding carboxylic acids is 1. The molecule has 0 saturated heterocycles. The lowest BCUT2D eigenvalue weighted by Crippen LogP contribution is -2.27. The van der Waals surface area contributed by atoms with Gasteiger partial charge in [0.1, 0.15) is 0 Å². The molecule has 3 nitrogen and oxygen atoms in total. The highest BCUT2D eigenvalue weighted by atomic mass is 19.4. The van der Waals surface area contributed by atoms with Crippen molar-refractivity contribution in [1.29, 1.82) is 0 Å². The van der Waals surface area contributed by atoms with Gasteiger partial charge in [0.2, 0.25) is 5.91 Å². The van der Waals surface area contributed by atoms with Crippen LogP contribution in [0.4, 0.5) is 13.2 Å². The number of nitrogens with one attached hydrogen (secondary N) is 1. The van der Waals surface area contributed by atoms with Crippen LogP contribution in [0.25, 0.3) is 0 Å². The van der Waals surface area contributed by atoms with Crippen LogP contribution in [0.15, 0.2) is 36.4 Å². The lowest BCUT2D eigenvalue weighted by Gasteiger charge is -2.14. The van der Waals surface area contributed by atoms with Crippen LogP contribution in [0.1, 0.15) is 38.0 Å². The van der Waals surface area contributed by atoms with Crippen LogP contribution in [-0.2, 0) is 11.0 Å². The number of aliphatic hydroxyl groups is 1. The van der Waals surface area contributed by atoms with Crippen LogP contribution in [-0.4, -0.2) is 17.6 Å². The van der Waals surface area contributed by atoms with Gasteiger partial charge in [-0.3, -0.25) is 4.79 Å². The molecule has 1 aromatic rings. The number of rotatable bonds is 4. The Morgan fingerprint density at radius 3 is 2.50 bits per heavy atom. The Kier molecular flexibility index (Phi) is 5.77. The molecule has 1 unspecified atom stereocenters. The van der Waals surface area contributed by atoms with Gasteiger partial charge in [0.25, 0.3) is 0 Å². The minimum atomic E-state index is -4.46. The molecule has 0 aliphatic heterocycles. The van der Waals surface area contributed by atoms with Gasteiger partial charge in [-0.1, -0.05) is 39.0 Å². The van der Waals surface area contributed by atoms with Crippen LogP contribution in [0.5, 0.6) is 0 Å². The van der Waals surface area contributed by atoms with E-state index in [2.05, 4.69) is 5.32 Å². The number of benzene rings is 1. The molecular formula is C16H20F3NO2. The Bertz CT molecular complexity index is 545. The average molecular weight is 315 g/mol. The third-order valence-corrected chi connectivity index (χ3v) is 2.80. The number of halogens is 3. The lowest BCUT2D eigenvalue weighted by atomic mass is 9.96. The van der Waals surface area contributed by atoms with Gasteiger partial charge in [0.15, 0.2) is 0 Å². The minimum absolute atomic E-state index is 0.106. The predicted molar refractivity (Wildman–Crippen MR) is 78.0 cm³/mol. The molecule has 2 N–H and O–H groups in total. The number of hydrogen-bond acceptors (Lipinski definition) is 2. The minimum Gasteiger partial charge on any atom is -0.387 e. The summed E-state index contributed by atoms with van der Waals surface area (Å²) in [5, 5.41) is 12.3. The van der Waals surface area contributed by atoms with Crippen LogP contribution < -0.4 is 5.32 Å². The Hall–Kier alpha value is -1.82. The number of carbonyl (C=O) groups is 1. The van der Waals surface area contributed by atoms with Crippen LogP contribution in [0.3, 0.4) is 0 Å². The summed E-state index contributed by atoms with van der Waals surface area (Å²) in [5.41, 5.74) is -0.880. The molecule has 0 spiro atoms. The molecule has 1 atom stereocenters. The molecule has 0 bridgehead atoms. The largest absolute Gasteiger partial charge is 0.416 e. The summed E-state index contributed by atoms with van der Waals surface area (Å²) in [6, 6.07) is 4.42. The molecule has 0 radical (unpaired) electrons. The van der Waals surface area contributed by atoms with Gasteiger partial charge >= 0.3 is 6.18 Å². The molecule has 0 saturated carbocycles. The molecular weight excluding hydrogens is 295 g/mol. The number of amides is 1. The Balaban J connectivity index is 2.65. The Morgan fingerprint density at radius 1 is 1.32 bits per heavy atom. The van der Waals surface area contributed by atoms with Crippen molar-refractivity contribution in [2.45, 2.75) is 33.1 Å². The third kappa shape index (κ3) is 6.30. The first-order valence-corrected chi connectivity index (χ1v) is 6.81. The molecule has 22 heavy (non-hydrogen) atoms. The number of allylic oxidation sites excluding steroid dienone is 1. The second-order valence-electron chi connectivity index (χ2n) is 6.08. The van der Waals surface area contributed by atoms with Gasteiger partial charge < -0.3 is 10.4 Å². The van der Waals surface area contributed by atoms with E-state index in [1.54, 1.807) is 6.08 Å². The first-order valence-electron chi connectivity index (χ1n) is 6.81. The predicted octanol–water partition coefficient (Wildman–Crippen LogP) is 3.46. The zero-order chi connectivity index (χ0) is 17.0. The topological polar surface area (TPSA) is 49.3 Å². The summed E-state index contributed by atoms with van der Waals surface area (Å²) >= 11 is 0. The summed E-state index contributed by atoms with van der Waals surface area (Å²) in [6.07, 6.45) is -2.61. The van der Waals surface area contributed by atoms with Crippen molar-refractivity contribution in [2.75, 3.05) is 6.54 Å². The molecule has 0 aliphatic rings. The van der Waals surface area contributed by atoms with E-state index in [0.29, 0.717) is 0 Å². The van der Waals surface area contributed by atoms with E-state index in [0.717, 1.165) is 12.1 Å². The van der Waals surface area contributed by atoms with Gasteiger partial charge in [-0.2, -0.15) is 13.2 Å². The van der Waals surface area contributed by atoms with E-state index in [-0.39, 0.29) is 17.5 Å². The maximum Gasteiger partial charge on any atom is 0.416 e. The van der Waals surface area contributed by atoms with Crippen LogP contribution in [0.2, 0.25) is 0 Å². The van der Waals surface area contributed by atoms with Crippen molar-refractivity contribution in [2.24, 2.45) is 5.41 Å². The average Bonchev–Trinajstić information content (AvgIpc) is 2.41. The summed E-state index contributed by atoms with van der Waals surface area (Å²) < 4.78 is 37.8. The maximum atomic E-state index is 12.6.